The van der Waals surface area contributed by atoms with E-state index in [9.17, 15) is 8.42 Å². The molecule has 0 aromatic carbocycles. The molecule has 0 aliphatic rings. The van der Waals surface area contributed by atoms with E-state index < -0.39 is 10.0 Å². The number of nitrogens with one attached hydrogen (secondary N) is 1. The van der Waals surface area contributed by atoms with Crippen LogP contribution in [0, 0.1) is 13.8 Å². The summed E-state index contributed by atoms with van der Waals surface area (Å²) in [5.74, 6) is 0.204. The second-order valence-electron chi connectivity index (χ2n) is 3.92. The minimum absolute atomic E-state index is 0.192. The number of rotatable bonds is 4. The smallest absolute Gasteiger partial charge is 0.273 e. The van der Waals surface area contributed by atoms with Crippen LogP contribution in [0.2, 0.25) is 0 Å². The number of aryl methyl sites for hydroxylation is 2. The summed E-state index contributed by atoms with van der Waals surface area (Å²) in [5, 5.41) is 0.696. The molecule has 20 heavy (non-hydrogen) atoms. The third kappa shape index (κ3) is 3.10. The number of aromatic nitrogens is 2. The summed E-state index contributed by atoms with van der Waals surface area (Å²) < 4.78 is 33.1. The topological polar surface area (TPSA) is 81.2 Å². The Morgan fingerprint density at radius 1 is 1.40 bits per heavy atom. The fraction of sp³-hybridized carbons (Fsp3) is 0.273. The molecule has 0 unspecified atom stereocenters. The van der Waals surface area contributed by atoms with Gasteiger partial charge in [0.2, 0.25) is 5.88 Å². The van der Waals surface area contributed by atoms with E-state index in [2.05, 4.69) is 30.6 Å². The molecule has 108 valence electrons. The summed E-state index contributed by atoms with van der Waals surface area (Å²) in [5.41, 5.74) is 0.745. The van der Waals surface area contributed by atoms with Crippen LogP contribution in [0.5, 0.6) is 5.88 Å². The summed E-state index contributed by atoms with van der Waals surface area (Å²) in [6.07, 6.45) is 1.53. The number of hydrogen-bond donors (Lipinski definition) is 1. The average molecular weight is 378 g/mol. The van der Waals surface area contributed by atoms with E-state index in [0.29, 0.717) is 15.2 Å². The summed E-state index contributed by atoms with van der Waals surface area (Å²) in [6.45, 7) is 3.42. The predicted octanol–water partition coefficient (Wildman–Crippen LogP) is 2.73. The van der Waals surface area contributed by atoms with Gasteiger partial charge in [0.25, 0.3) is 10.0 Å². The maximum absolute atomic E-state index is 12.4. The fourth-order valence-electron chi connectivity index (χ4n) is 1.62. The first-order valence-electron chi connectivity index (χ1n) is 5.50. The Hall–Kier alpha value is -1.19. The molecule has 0 bridgehead atoms. The monoisotopic (exact) mass is 377 g/mol. The lowest BCUT2D eigenvalue weighted by atomic mass is 10.4. The van der Waals surface area contributed by atoms with Crippen LogP contribution in [-0.4, -0.2) is 25.5 Å². The Kier molecular flexibility index (Phi) is 4.31. The molecule has 0 amide bonds. The maximum atomic E-state index is 12.4. The van der Waals surface area contributed by atoms with Crippen LogP contribution in [0.15, 0.2) is 20.9 Å². The molecular weight excluding hydrogens is 366 g/mol. The molecule has 9 heteroatoms. The van der Waals surface area contributed by atoms with Gasteiger partial charge in [-0.3, -0.25) is 4.72 Å². The Morgan fingerprint density at radius 3 is 2.65 bits per heavy atom. The first-order chi connectivity index (χ1) is 9.33. The van der Waals surface area contributed by atoms with Gasteiger partial charge in [-0.05, 0) is 35.8 Å². The van der Waals surface area contributed by atoms with Crippen molar-refractivity contribution in [2.45, 2.75) is 18.1 Å². The van der Waals surface area contributed by atoms with Gasteiger partial charge in [0.05, 0.1) is 17.8 Å². The molecule has 2 aromatic heterocycles. The minimum Gasteiger partial charge on any atom is -0.479 e. The van der Waals surface area contributed by atoms with Crippen molar-refractivity contribution in [1.82, 2.24) is 9.97 Å². The molecule has 0 fully saturated rings. The number of thiazole rings is 1. The van der Waals surface area contributed by atoms with Crippen molar-refractivity contribution in [2.24, 2.45) is 0 Å². The molecule has 0 saturated carbocycles. The van der Waals surface area contributed by atoms with Crippen LogP contribution in [-0.2, 0) is 10.0 Å². The van der Waals surface area contributed by atoms with Gasteiger partial charge < -0.3 is 4.74 Å². The highest BCUT2D eigenvalue weighted by Crippen LogP contribution is 2.30. The van der Waals surface area contributed by atoms with Crippen LogP contribution in [0.3, 0.4) is 0 Å². The lowest BCUT2D eigenvalue weighted by Gasteiger charge is -2.10. The number of pyridine rings is 1. The zero-order valence-corrected chi connectivity index (χ0v) is 14.2. The molecule has 1 N–H and O–H groups in total. The number of ether oxygens (including phenoxy) is 1. The Morgan fingerprint density at radius 2 is 2.10 bits per heavy atom. The highest BCUT2D eigenvalue weighted by molar-refractivity contribution is 9.10. The number of sulfonamides is 1. The Bertz CT molecular complexity index is 743. The van der Waals surface area contributed by atoms with Crippen LogP contribution in [0.4, 0.5) is 5.69 Å². The van der Waals surface area contributed by atoms with E-state index in [1.807, 2.05) is 0 Å². The van der Waals surface area contributed by atoms with Gasteiger partial charge in [0.15, 0.2) is 4.21 Å². The largest absolute Gasteiger partial charge is 0.479 e. The number of hydrogen-bond acceptors (Lipinski definition) is 6. The molecular formula is C11H12BrN3O3S2. The summed E-state index contributed by atoms with van der Waals surface area (Å²) in [7, 11) is -2.28. The molecule has 0 radical (unpaired) electrons. The first kappa shape index (κ1) is 15.2. The normalized spacial score (nSPS) is 11.4. The molecule has 2 rings (SSSR count). The second kappa shape index (κ2) is 5.66. The summed E-state index contributed by atoms with van der Waals surface area (Å²) >= 11 is 4.37. The van der Waals surface area contributed by atoms with E-state index in [0.717, 1.165) is 11.3 Å². The third-order valence-corrected chi connectivity index (χ3v) is 5.84. The van der Waals surface area contributed by atoms with Gasteiger partial charge in [-0.2, -0.15) is 0 Å². The summed E-state index contributed by atoms with van der Waals surface area (Å²) in [6, 6.07) is 1.59. The minimum atomic E-state index is -3.71. The van der Waals surface area contributed by atoms with Gasteiger partial charge in [-0.25, -0.2) is 18.4 Å². The van der Waals surface area contributed by atoms with Gasteiger partial charge in [-0.15, -0.1) is 11.3 Å². The van der Waals surface area contributed by atoms with Crippen molar-refractivity contribution in [3.8, 4) is 5.88 Å². The van der Waals surface area contributed by atoms with Crippen molar-refractivity contribution < 1.29 is 13.2 Å². The van der Waals surface area contributed by atoms with Crippen LogP contribution >= 0.6 is 27.3 Å². The number of anilines is 1. The molecule has 2 aromatic rings. The quantitative estimate of drug-likeness (QED) is 0.885. The highest BCUT2D eigenvalue weighted by Gasteiger charge is 2.22. The van der Waals surface area contributed by atoms with Gasteiger partial charge in [-0.1, -0.05) is 0 Å². The lowest BCUT2D eigenvalue weighted by Crippen LogP contribution is -2.13. The number of halogens is 1. The van der Waals surface area contributed by atoms with Gasteiger partial charge in [0, 0.05) is 10.7 Å². The van der Waals surface area contributed by atoms with Gasteiger partial charge in [0.1, 0.15) is 5.69 Å². The number of nitrogens with zero attached hydrogens (tertiary/aromatic N) is 2. The standard InChI is InChI=1S/C11H12BrN3O3S2/c1-6-11(19-7(2)14-6)20(16,17)15-9-4-8(12)5-13-10(9)18-3/h4-5,15H,1-3H3. The van der Waals surface area contributed by atoms with Gasteiger partial charge >= 0.3 is 0 Å². The molecule has 0 aliphatic heterocycles. The van der Waals surface area contributed by atoms with E-state index in [-0.39, 0.29) is 15.8 Å². The van der Waals surface area contributed by atoms with E-state index in [4.69, 9.17) is 4.74 Å². The molecule has 0 atom stereocenters. The lowest BCUT2D eigenvalue weighted by molar-refractivity contribution is 0.400. The molecule has 2 heterocycles. The van der Waals surface area contributed by atoms with E-state index >= 15 is 0 Å². The van der Waals surface area contributed by atoms with E-state index in [1.165, 1.54) is 13.3 Å². The predicted molar refractivity (Wildman–Crippen MR) is 80.9 cm³/mol. The zero-order chi connectivity index (χ0) is 14.9. The Balaban J connectivity index is 2.43. The highest BCUT2D eigenvalue weighted by atomic mass is 79.9. The second-order valence-corrected chi connectivity index (χ2v) is 7.92. The molecule has 0 aliphatic carbocycles. The SMILES string of the molecule is COc1ncc(Br)cc1NS(=O)(=O)c1sc(C)nc1C. The number of methoxy groups -OCH3 is 1. The third-order valence-electron chi connectivity index (χ3n) is 2.36. The fourth-order valence-corrected chi connectivity index (χ4v) is 4.48. The summed E-state index contributed by atoms with van der Waals surface area (Å²) in [4.78, 5) is 8.12. The average Bonchev–Trinajstić information content (AvgIpc) is 2.69. The molecule has 0 saturated heterocycles. The van der Waals surface area contributed by atoms with Crippen LogP contribution < -0.4 is 9.46 Å². The van der Waals surface area contributed by atoms with Crippen molar-refractivity contribution in [3.63, 3.8) is 0 Å². The van der Waals surface area contributed by atoms with Crippen LogP contribution in [0.1, 0.15) is 10.7 Å². The van der Waals surface area contributed by atoms with E-state index in [1.54, 1.807) is 19.9 Å². The van der Waals surface area contributed by atoms with Crippen molar-refractivity contribution in [3.05, 3.63) is 27.4 Å². The first-order valence-corrected chi connectivity index (χ1v) is 8.59. The van der Waals surface area contributed by atoms with Crippen LogP contribution in [0.25, 0.3) is 0 Å². The molecule has 6 nitrogen and oxygen atoms in total. The molecule has 0 spiro atoms. The van der Waals surface area contributed by atoms with Crippen molar-refractivity contribution >= 4 is 43.0 Å². The Labute approximate surface area is 129 Å². The van der Waals surface area contributed by atoms with Crippen molar-refractivity contribution in [2.75, 3.05) is 11.8 Å². The van der Waals surface area contributed by atoms with Crippen molar-refractivity contribution in [1.29, 1.82) is 0 Å². The zero-order valence-electron chi connectivity index (χ0n) is 11.0. The maximum Gasteiger partial charge on any atom is 0.273 e.